The molecular formula is C22H19NO4. The summed E-state index contributed by atoms with van der Waals surface area (Å²) >= 11 is 0. The van der Waals surface area contributed by atoms with Gasteiger partial charge in [0.05, 0.1) is 0 Å². The molecule has 27 heavy (non-hydrogen) atoms. The van der Waals surface area contributed by atoms with Gasteiger partial charge in [-0.3, -0.25) is 4.79 Å². The fourth-order valence-corrected chi connectivity index (χ4v) is 2.92. The van der Waals surface area contributed by atoms with Crippen LogP contribution in [0.4, 0.5) is 5.69 Å². The van der Waals surface area contributed by atoms with E-state index in [-0.39, 0.29) is 19.3 Å². The third-order valence-electron chi connectivity index (χ3n) is 4.23. The van der Waals surface area contributed by atoms with E-state index in [1.807, 2.05) is 42.5 Å². The lowest BCUT2D eigenvalue weighted by atomic mass is 10.0. The maximum atomic E-state index is 12.2. The van der Waals surface area contributed by atoms with E-state index in [1.165, 1.54) is 5.56 Å². The maximum Gasteiger partial charge on any atom is 0.262 e. The second-order valence-corrected chi connectivity index (χ2v) is 6.17. The Hall–Kier alpha value is -3.47. The first-order chi connectivity index (χ1) is 13.3. The first-order valence-electron chi connectivity index (χ1n) is 8.72. The topological polar surface area (TPSA) is 56.8 Å². The Bertz CT molecular complexity index is 940. The average Bonchev–Trinajstić information content (AvgIpc) is 3.16. The first-order valence-corrected chi connectivity index (χ1v) is 8.72. The van der Waals surface area contributed by atoms with Gasteiger partial charge >= 0.3 is 0 Å². The van der Waals surface area contributed by atoms with Crippen LogP contribution in [0.5, 0.6) is 17.2 Å². The highest BCUT2D eigenvalue weighted by Crippen LogP contribution is 2.34. The molecule has 3 aromatic carbocycles. The van der Waals surface area contributed by atoms with Gasteiger partial charge in [0.2, 0.25) is 6.79 Å². The molecule has 0 spiro atoms. The third-order valence-corrected chi connectivity index (χ3v) is 4.23. The molecule has 0 fully saturated rings. The Labute approximate surface area is 157 Å². The summed E-state index contributed by atoms with van der Waals surface area (Å²) in [5, 5.41) is 2.81. The molecule has 0 atom stereocenters. The van der Waals surface area contributed by atoms with Gasteiger partial charge in [0.1, 0.15) is 5.75 Å². The van der Waals surface area contributed by atoms with Crippen molar-refractivity contribution >= 4 is 11.6 Å². The molecule has 0 saturated carbocycles. The van der Waals surface area contributed by atoms with Gasteiger partial charge < -0.3 is 19.5 Å². The van der Waals surface area contributed by atoms with Crippen molar-refractivity contribution in [2.24, 2.45) is 0 Å². The highest BCUT2D eigenvalue weighted by Gasteiger charge is 2.14. The summed E-state index contributed by atoms with van der Waals surface area (Å²) in [5.41, 5.74) is 2.88. The first kappa shape index (κ1) is 17.0. The molecule has 1 N–H and O–H groups in total. The normalized spacial score (nSPS) is 11.9. The van der Waals surface area contributed by atoms with Crippen LogP contribution in [-0.4, -0.2) is 19.3 Å². The van der Waals surface area contributed by atoms with E-state index < -0.39 is 0 Å². The molecule has 3 aromatic rings. The SMILES string of the molecule is O=C(COc1ccccc1Cc1ccccc1)Nc1ccc2c(c1)OCO2. The molecule has 5 heteroatoms. The van der Waals surface area contributed by atoms with Crippen molar-refractivity contribution in [3.8, 4) is 17.2 Å². The lowest BCUT2D eigenvalue weighted by molar-refractivity contribution is -0.118. The number of fused-ring (bicyclic) bond motifs is 1. The summed E-state index contributed by atoms with van der Waals surface area (Å²) in [7, 11) is 0. The molecule has 1 amide bonds. The molecule has 0 aromatic heterocycles. The van der Waals surface area contributed by atoms with Gasteiger partial charge in [0, 0.05) is 18.2 Å². The van der Waals surface area contributed by atoms with Crippen LogP contribution in [0.15, 0.2) is 72.8 Å². The van der Waals surface area contributed by atoms with Crippen molar-refractivity contribution in [1.29, 1.82) is 0 Å². The zero-order valence-corrected chi connectivity index (χ0v) is 14.7. The molecule has 1 aliphatic heterocycles. The zero-order chi connectivity index (χ0) is 18.5. The number of benzene rings is 3. The van der Waals surface area contributed by atoms with Crippen molar-refractivity contribution in [1.82, 2.24) is 0 Å². The van der Waals surface area contributed by atoms with Gasteiger partial charge in [-0.15, -0.1) is 0 Å². The molecule has 1 aliphatic rings. The van der Waals surface area contributed by atoms with Crippen LogP contribution in [0.25, 0.3) is 0 Å². The van der Waals surface area contributed by atoms with Gasteiger partial charge in [-0.1, -0.05) is 48.5 Å². The largest absolute Gasteiger partial charge is 0.483 e. The lowest BCUT2D eigenvalue weighted by Gasteiger charge is -2.12. The molecule has 136 valence electrons. The number of rotatable bonds is 6. The predicted molar refractivity (Wildman–Crippen MR) is 102 cm³/mol. The lowest BCUT2D eigenvalue weighted by Crippen LogP contribution is -2.20. The van der Waals surface area contributed by atoms with E-state index >= 15 is 0 Å². The summed E-state index contributed by atoms with van der Waals surface area (Å²) < 4.78 is 16.4. The summed E-state index contributed by atoms with van der Waals surface area (Å²) in [6, 6.07) is 23.2. The summed E-state index contributed by atoms with van der Waals surface area (Å²) in [6.45, 7) is 0.133. The fourth-order valence-electron chi connectivity index (χ4n) is 2.92. The molecule has 4 rings (SSSR count). The van der Waals surface area contributed by atoms with Crippen molar-refractivity contribution < 1.29 is 19.0 Å². The number of carbonyl (C=O) groups is 1. The maximum absolute atomic E-state index is 12.2. The number of ether oxygens (including phenoxy) is 3. The number of anilines is 1. The van der Waals surface area contributed by atoms with E-state index in [9.17, 15) is 4.79 Å². The Morgan fingerprint density at radius 1 is 0.926 bits per heavy atom. The summed E-state index contributed by atoms with van der Waals surface area (Å²) in [4.78, 5) is 12.2. The molecule has 0 bridgehead atoms. The molecule has 0 unspecified atom stereocenters. The van der Waals surface area contributed by atoms with Crippen LogP contribution in [0.3, 0.4) is 0 Å². The Kier molecular flexibility index (Phi) is 4.92. The molecule has 1 heterocycles. The van der Waals surface area contributed by atoms with Crippen molar-refractivity contribution in [2.75, 3.05) is 18.7 Å². The van der Waals surface area contributed by atoms with E-state index in [2.05, 4.69) is 17.4 Å². The number of para-hydroxylation sites is 1. The van der Waals surface area contributed by atoms with Gasteiger partial charge in [0.25, 0.3) is 5.91 Å². The number of carbonyl (C=O) groups excluding carboxylic acids is 1. The molecule has 5 nitrogen and oxygen atoms in total. The van der Waals surface area contributed by atoms with Gasteiger partial charge in [-0.05, 0) is 29.3 Å². The van der Waals surface area contributed by atoms with E-state index in [1.54, 1.807) is 18.2 Å². The fraction of sp³-hybridized carbons (Fsp3) is 0.136. The Balaban J connectivity index is 1.38. The van der Waals surface area contributed by atoms with Crippen LogP contribution in [-0.2, 0) is 11.2 Å². The number of amides is 1. The number of hydrogen-bond acceptors (Lipinski definition) is 4. The number of nitrogens with one attached hydrogen (secondary N) is 1. The van der Waals surface area contributed by atoms with Crippen LogP contribution < -0.4 is 19.5 Å². The van der Waals surface area contributed by atoms with Crippen LogP contribution in [0, 0.1) is 0 Å². The summed E-state index contributed by atoms with van der Waals surface area (Å²) in [5.74, 6) is 1.78. The predicted octanol–water partition coefficient (Wildman–Crippen LogP) is 4.02. The molecule has 0 saturated heterocycles. The van der Waals surface area contributed by atoms with E-state index in [0.29, 0.717) is 22.9 Å². The second kappa shape index (κ2) is 7.83. The van der Waals surface area contributed by atoms with Crippen molar-refractivity contribution in [2.45, 2.75) is 6.42 Å². The minimum Gasteiger partial charge on any atom is -0.483 e. The molecule has 0 aliphatic carbocycles. The average molecular weight is 361 g/mol. The van der Waals surface area contributed by atoms with Crippen LogP contribution >= 0.6 is 0 Å². The van der Waals surface area contributed by atoms with Crippen LogP contribution in [0.1, 0.15) is 11.1 Å². The highest BCUT2D eigenvalue weighted by molar-refractivity contribution is 5.92. The zero-order valence-electron chi connectivity index (χ0n) is 14.7. The number of hydrogen-bond donors (Lipinski definition) is 1. The minimum atomic E-state index is -0.233. The van der Waals surface area contributed by atoms with E-state index in [4.69, 9.17) is 14.2 Å². The molecule has 0 radical (unpaired) electrons. The van der Waals surface area contributed by atoms with Crippen molar-refractivity contribution in [3.05, 3.63) is 83.9 Å². The van der Waals surface area contributed by atoms with Crippen LogP contribution in [0.2, 0.25) is 0 Å². The highest BCUT2D eigenvalue weighted by atomic mass is 16.7. The Morgan fingerprint density at radius 2 is 1.70 bits per heavy atom. The van der Waals surface area contributed by atoms with Crippen molar-refractivity contribution in [3.63, 3.8) is 0 Å². The van der Waals surface area contributed by atoms with Gasteiger partial charge in [-0.2, -0.15) is 0 Å². The third kappa shape index (κ3) is 4.20. The standard InChI is InChI=1S/C22H19NO4/c24-22(23-18-10-11-20-21(13-18)27-15-26-20)14-25-19-9-5-4-8-17(19)12-16-6-2-1-3-7-16/h1-11,13H,12,14-15H2,(H,23,24). The Morgan fingerprint density at radius 3 is 2.59 bits per heavy atom. The van der Waals surface area contributed by atoms with E-state index in [0.717, 1.165) is 12.0 Å². The quantitative estimate of drug-likeness (QED) is 0.720. The van der Waals surface area contributed by atoms with Gasteiger partial charge in [-0.25, -0.2) is 0 Å². The summed E-state index contributed by atoms with van der Waals surface area (Å²) in [6.07, 6.45) is 0.751. The second-order valence-electron chi connectivity index (χ2n) is 6.17. The molecular weight excluding hydrogens is 342 g/mol. The van der Waals surface area contributed by atoms with Gasteiger partial charge in [0.15, 0.2) is 18.1 Å². The minimum absolute atomic E-state index is 0.0692. The smallest absolute Gasteiger partial charge is 0.262 e. The monoisotopic (exact) mass is 361 g/mol.